The number of fused-ring (bicyclic) bond motifs is 1. The highest BCUT2D eigenvalue weighted by molar-refractivity contribution is 5.52. The molecule has 0 saturated heterocycles. The maximum Gasteiger partial charge on any atom is 0.164 e. The standard InChI is InChI=1S/C12H17NO3/c1-15-11-4-3-8-9(12(11)16-2)5-6-13-10(8)7-14/h3-4,10,13-14H,5-7H2,1-2H3. The summed E-state index contributed by atoms with van der Waals surface area (Å²) < 4.78 is 10.7. The fraction of sp³-hybridized carbons (Fsp3) is 0.500. The van der Waals surface area contributed by atoms with E-state index in [1.807, 2.05) is 12.1 Å². The molecule has 1 heterocycles. The summed E-state index contributed by atoms with van der Waals surface area (Å²) in [5.41, 5.74) is 2.24. The fourth-order valence-corrected chi connectivity index (χ4v) is 2.23. The number of hydrogen-bond acceptors (Lipinski definition) is 4. The summed E-state index contributed by atoms with van der Waals surface area (Å²) in [6.45, 7) is 0.949. The van der Waals surface area contributed by atoms with Gasteiger partial charge in [0.05, 0.1) is 26.9 Å². The Morgan fingerprint density at radius 3 is 2.81 bits per heavy atom. The number of rotatable bonds is 3. The van der Waals surface area contributed by atoms with E-state index in [1.54, 1.807) is 14.2 Å². The van der Waals surface area contributed by atoms with Crippen LogP contribution >= 0.6 is 0 Å². The van der Waals surface area contributed by atoms with Gasteiger partial charge in [0.1, 0.15) is 0 Å². The number of aliphatic hydroxyl groups excluding tert-OH is 1. The van der Waals surface area contributed by atoms with Crippen molar-refractivity contribution >= 4 is 0 Å². The van der Waals surface area contributed by atoms with Gasteiger partial charge in [0, 0.05) is 5.56 Å². The average molecular weight is 223 g/mol. The van der Waals surface area contributed by atoms with Crippen molar-refractivity contribution in [1.29, 1.82) is 0 Å². The van der Waals surface area contributed by atoms with Gasteiger partial charge in [-0.25, -0.2) is 0 Å². The molecule has 0 fully saturated rings. The Morgan fingerprint density at radius 1 is 1.38 bits per heavy atom. The lowest BCUT2D eigenvalue weighted by atomic mass is 9.93. The molecule has 16 heavy (non-hydrogen) atoms. The monoisotopic (exact) mass is 223 g/mol. The summed E-state index contributed by atoms with van der Waals surface area (Å²) in [6, 6.07) is 3.88. The van der Waals surface area contributed by atoms with E-state index in [9.17, 15) is 5.11 Å². The highest BCUT2D eigenvalue weighted by Crippen LogP contribution is 2.37. The smallest absolute Gasteiger partial charge is 0.164 e. The van der Waals surface area contributed by atoms with Crippen molar-refractivity contribution in [3.63, 3.8) is 0 Å². The summed E-state index contributed by atoms with van der Waals surface area (Å²) in [5, 5.41) is 12.6. The van der Waals surface area contributed by atoms with E-state index in [1.165, 1.54) is 0 Å². The number of methoxy groups -OCH3 is 2. The van der Waals surface area contributed by atoms with Gasteiger partial charge in [-0.05, 0) is 24.6 Å². The van der Waals surface area contributed by atoms with Gasteiger partial charge in [-0.3, -0.25) is 0 Å². The Labute approximate surface area is 95.2 Å². The van der Waals surface area contributed by atoms with Gasteiger partial charge in [0.15, 0.2) is 11.5 Å². The van der Waals surface area contributed by atoms with Gasteiger partial charge >= 0.3 is 0 Å². The van der Waals surface area contributed by atoms with Crippen LogP contribution < -0.4 is 14.8 Å². The van der Waals surface area contributed by atoms with Crippen LogP contribution in [-0.4, -0.2) is 32.5 Å². The van der Waals surface area contributed by atoms with Crippen LogP contribution in [0, 0.1) is 0 Å². The average Bonchev–Trinajstić information content (AvgIpc) is 2.36. The molecule has 1 aliphatic rings. The molecule has 0 amide bonds. The zero-order valence-electron chi connectivity index (χ0n) is 9.62. The summed E-state index contributed by atoms with van der Waals surface area (Å²) in [4.78, 5) is 0. The van der Waals surface area contributed by atoms with Gasteiger partial charge in [0.2, 0.25) is 0 Å². The Bertz CT molecular complexity index is 379. The first-order valence-electron chi connectivity index (χ1n) is 5.39. The molecule has 0 radical (unpaired) electrons. The molecule has 1 aromatic rings. The van der Waals surface area contributed by atoms with Crippen molar-refractivity contribution in [3.8, 4) is 11.5 Å². The minimum atomic E-state index is 0.00329. The second kappa shape index (κ2) is 4.72. The highest BCUT2D eigenvalue weighted by atomic mass is 16.5. The summed E-state index contributed by atoms with van der Waals surface area (Å²) >= 11 is 0. The lowest BCUT2D eigenvalue weighted by Gasteiger charge is -2.27. The number of nitrogens with one attached hydrogen (secondary N) is 1. The van der Waals surface area contributed by atoms with Gasteiger partial charge < -0.3 is 19.9 Å². The van der Waals surface area contributed by atoms with Crippen LogP contribution in [0.2, 0.25) is 0 Å². The number of ether oxygens (including phenoxy) is 2. The maximum atomic E-state index is 9.29. The van der Waals surface area contributed by atoms with E-state index in [0.717, 1.165) is 35.6 Å². The van der Waals surface area contributed by atoms with E-state index in [0.29, 0.717) is 0 Å². The zero-order valence-corrected chi connectivity index (χ0v) is 9.62. The van der Waals surface area contributed by atoms with Gasteiger partial charge in [-0.2, -0.15) is 0 Å². The molecule has 0 aromatic heterocycles. The first-order valence-corrected chi connectivity index (χ1v) is 5.39. The molecule has 1 unspecified atom stereocenters. The molecule has 88 valence electrons. The van der Waals surface area contributed by atoms with E-state index in [2.05, 4.69) is 5.32 Å². The second-order valence-corrected chi connectivity index (χ2v) is 3.81. The summed E-state index contributed by atoms with van der Waals surface area (Å²) in [6.07, 6.45) is 0.895. The Balaban J connectivity index is 2.50. The van der Waals surface area contributed by atoms with Crippen molar-refractivity contribution in [2.75, 3.05) is 27.4 Å². The topological polar surface area (TPSA) is 50.7 Å². The molecule has 0 saturated carbocycles. The minimum Gasteiger partial charge on any atom is -0.493 e. The molecule has 0 aliphatic carbocycles. The molecule has 0 bridgehead atoms. The second-order valence-electron chi connectivity index (χ2n) is 3.81. The minimum absolute atomic E-state index is 0.00329. The van der Waals surface area contributed by atoms with Crippen LogP contribution in [0.5, 0.6) is 11.5 Å². The van der Waals surface area contributed by atoms with Crippen LogP contribution in [0.25, 0.3) is 0 Å². The van der Waals surface area contributed by atoms with Gasteiger partial charge in [-0.15, -0.1) is 0 Å². The SMILES string of the molecule is COc1ccc2c(c1OC)CCNC2CO. The van der Waals surface area contributed by atoms with Crippen LogP contribution in [0.3, 0.4) is 0 Å². The van der Waals surface area contributed by atoms with E-state index in [-0.39, 0.29) is 12.6 Å². The van der Waals surface area contributed by atoms with Gasteiger partial charge in [-0.1, -0.05) is 6.07 Å². The van der Waals surface area contributed by atoms with E-state index in [4.69, 9.17) is 9.47 Å². The third-order valence-electron chi connectivity index (χ3n) is 3.01. The largest absolute Gasteiger partial charge is 0.493 e. The van der Waals surface area contributed by atoms with Crippen LogP contribution in [0.15, 0.2) is 12.1 Å². The molecule has 4 heteroatoms. The first kappa shape index (κ1) is 11.2. The maximum absolute atomic E-state index is 9.29. The number of aliphatic hydroxyl groups is 1. The van der Waals surface area contributed by atoms with E-state index >= 15 is 0 Å². The lowest BCUT2D eigenvalue weighted by molar-refractivity contribution is 0.238. The van der Waals surface area contributed by atoms with Crippen molar-refractivity contribution in [2.24, 2.45) is 0 Å². The normalized spacial score (nSPS) is 19.1. The zero-order chi connectivity index (χ0) is 11.5. The molecule has 1 atom stereocenters. The molecule has 1 aliphatic heterocycles. The fourth-order valence-electron chi connectivity index (χ4n) is 2.23. The molecule has 4 nitrogen and oxygen atoms in total. The predicted molar refractivity (Wildman–Crippen MR) is 61.1 cm³/mol. The number of hydrogen-bond donors (Lipinski definition) is 2. The van der Waals surface area contributed by atoms with Gasteiger partial charge in [0.25, 0.3) is 0 Å². The number of benzene rings is 1. The van der Waals surface area contributed by atoms with Crippen LogP contribution in [0.1, 0.15) is 17.2 Å². The Hall–Kier alpha value is -1.26. The summed E-state index contributed by atoms with van der Waals surface area (Å²) in [5.74, 6) is 1.54. The van der Waals surface area contributed by atoms with Crippen LogP contribution in [-0.2, 0) is 6.42 Å². The quantitative estimate of drug-likeness (QED) is 0.798. The summed E-state index contributed by atoms with van der Waals surface area (Å²) in [7, 11) is 3.28. The van der Waals surface area contributed by atoms with Crippen LogP contribution in [0.4, 0.5) is 0 Å². The predicted octanol–water partition coefficient (Wildman–Crippen LogP) is 0.883. The third-order valence-corrected chi connectivity index (χ3v) is 3.01. The molecule has 2 rings (SSSR count). The highest BCUT2D eigenvalue weighted by Gasteiger charge is 2.23. The first-order chi connectivity index (χ1) is 7.81. The van der Waals surface area contributed by atoms with E-state index < -0.39 is 0 Å². The van der Waals surface area contributed by atoms with Crippen molar-refractivity contribution in [3.05, 3.63) is 23.3 Å². The molecule has 1 aromatic carbocycles. The molecular formula is C12H17NO3. The lowest BCUT2D eigenvalue weighted by Crippen LogP contribution is -2.32. The molecular weight excluding hydrogens is 206 g/mol. The van der Waals surface area contributed by atoms with Crippen molar-refractivity contribution in [1.82, 2.24) is 5.32 Å². The Morgan fingerprint density at radius 2 is 2.19 bits per heavy atom. The third kappa shape index (κ3) is 1.74. The molecule has 2 N–H and O–H groups in total. The van der Waals surface area contributed by atoms with Crippen molar-refractivity contribution in [2.45, 2.75) is 12.5 Å². The van der Waals surface area contributed by atoms with Crippen molar-refractivity contribution < 1.29 is 14.6 Å². The Kier molecular flexibility index (Phi) is 3.31. The molecule has 0 spiro atoms.